The van der Waals surface area contributed by atoms with Crippen molar-refractivity contribution >= 4 is 0 Å². The lowest BCUT2D eigenvalue weighted by Crippen LogP contribution is -2.37. The molecule has 2 nitrogen and oxygen atoms in total. The summed E-state index contributed by atoms with van der Waals surface area (Å²) in [5.41, 5.74) is 0.275. The monoisotopic (exact) mass is 242 g/mol. The summed E-state index contributed by atoms with van der Waals surface area (Å²) in [4.78, 5) is 0. The first-order valence-electron chi connectivity index (χ1n) is 7.04. The van der Waals surface area contributed by atoms with Crippen LogP contribution in [0.5, 0.6) is 0 Å². The Kier molecular flexibility index (Phi) is 5.03. The number of hydrogen-bond donors (Lipinski definition) is 1. The standard InChI is InChI=1S/C15H30O2/c1-12(17-15(4,5)9-10-16)13-7-6-8-14(2,3)11-13/h12-13,16H,6-11H2,1-5H3. The van der Waals surface area contributed by atoms with E-state index in [9.17, 15) is 0 Å². The molecular formula is C15H30O2. The second-order valence-corrected chi connectivity index (χ2v) is 7.08. The zero-order chi connectivity index (χ0) is 13.1. The number of aliphatic hydroxyl groups excluding tert-OH is 1. The van der Waals surface area contributed by atoms with Crippen LogP contribution < -0.4 is 0 Å². The predicted molar refractivity (Wildman–Crippen MR) is 72.1 cm³/mol. The third kappa shape index (κ3) is 4.97. The summed E-state index contributed by atoms with van der Waals surface area (Å²) in [6.07, 6.45) is 6.25. The third-order valence-electron chi connectivity index (χ3n) is 4.13. The molecule has 0 aromatic rings. The summed E-state index contributed by atoms with van der Waals surface area (Å²) < 4.78 is 6.15. The highest BCUT2D eigenvalue weighted by molar-refractivity contribution is 4.83. The normalized spacial score (nSPS) is 26.8. The molecule has 0 aromatic heterocycles. The van der Waals surface area contributed by atoms with E-state index in [1.807, 2.05) is 0 Å². The zero-order valence-corrected chi connectivity index (χ0v) is 12.3. The Labute approximate surface area is 107 Å². The molecular weight excluding hydrogens is 212 g/mol. The first-order valence-corrected chi connectivity index (χ1v) is 7.04. The van der Waals surface area contributed by atoms with Gasteiger partial charge in [0, 0.05) is 6.61 Å². The Morgan fingerprint density at radius 2 is 2.06 bits per heavy atom. The summed E-state index contributed by atoms with van der Waals surface area (Å²) in [5.74, 6) is 0.678. The maximum absolute atomic E-state index is 9.03. The van der Waals surface area contributed by atoms with Crippen LogP contribution in [0.15, 0.2) is 0 Å². The molecule has 1 rings (SSSR count). The van der Waals surface area contributed by atoms with Crippen LogP contribution in [0.25, 0.3) is 0 Å². The van der Waals surface area contributed by atoms with Crippen LogP contribution in [0.4, 0.5) is 0 Å². The van der Waals surface area contributed by atoms with Gasteiger partial charge in [-0.2, -0.15) is 0 Å². The average molecular weight is 242 g/mol. The molecule has 1 fully saturated rings. The van der Waals surface area contributed by atoms with Gasteiger partial charge in [0.25, 0.3) is 0 Å². The molecule has 0 spiro atoms. The number of aliphatic hydroxyl groups is 1. The van der Waals surface area contributed by atoms with Gasteiger partial charge in [-0.25, -0.2) is 0 Å². The molecule has 2 unspecified atom stereocenters. The van der Waals surface area contributed by atoms with Gasteiger partial charge in [-0.1, -0.05) is 20.3 Å². The van der Waals surface area contributed by atoms with Gasteiger partial charge in [-0.05, 0) is 57.8 Å². The Bertz CT molecular complexity index is 233. The van der Waals surface area contributed by atoms with Crippen LogP contribution in [-0.4, -0.2) is 23.4 Å². The third-order valence-corrected chi connectivity index (χ3v) is 4.13. The fourth-order valence-electron chi connectivity index (χ4n) is 3.09. The van der Waals surface area contributed by atoms with Crippen LogP contribution in [0.2, 0.25) is 0 Å². The quantitative estimate of drug-likeness (QED) is 0.795. The first-order chi connectivity index (χ1) is 7.76. The largest absolute Gasteiger partial charge is 0.396 e. The Balaban J connectivity index is 2.49. The molecule has 0 bridgehead atoms. The van der Waals surface area contributed by atoms with Gasteiger partial charge in [0.2, 0.25) is 0 Å². The number of rotatable bonds is 5. The molecule has 0 aromatic carbocycles. The van der Waals surface area contributed by atoms with Crippen molar-refractivity contribution in [3.05, 3.63) is 0 Å². The van der Waals surface area contributed by atoms with E-state index >= 15 is 0 Å². The summed E-state index contributed by atoms with van der Waals surface area (Å²) in [5, 5.41) is 9.03. The van der Waals surface area contributed by atoms with E-state index in [2.05, 4.69) is 34.6 Å². The molecule has 1 N–H and O–H groups in total. The molecule has 102 valence electrons. The first kappa shape index (κ1) is 15.0. The van der Waals surface area contributed by atoms with Crippen molar-refractivity contribution in [2.75, 3.05) is 6.61 Å². The fraction of sp³-hybridized carbons (Fsp3) is 1.00. The minimum absolute atomic E-state index is 0.199. The maximum Gasteiger partial charge on any atom is 0.0652 e. The summed E-state index contributed by atoms with van der Waals surface area (Å²) in [6, 6.07) is 0. The second-order valence-electron chi connectivity index (χ2n) is 7.08. The van der Waals surface area contributed by atoms with Gasteiger partial charge in [-0.15, -0.1) is 0 Å². The summed E-state index contributed by atoms with van der Waals surface area (Å²) in [6.45, 7) is 11.3. The molecule has 0 heterocycles. The molecule has 1 aliphatic carbocycles. The SMILES string of the molecule is CC(OC(C)(C)CCO)C1CCCC(C)(C)C1. The number of ether oxygens (including phenoxy) is 1. The van der Waals surface area contributed by atoms with Crippen LogP contribution in [0.3, 0.4) is 0 Å². The number of hydrogen-bond acceptors (Lipinski definition) is 2. The Morgan fingerprint density at radius 3 is 2.59 bits per heavy atom. The van der Waals surface area contributed by atoms with E-state index in [1.54, 1.807) is 0 Å². The molecule has 0 radical (unpaired) electrons. The van der Waals surface area contributed by atoms with Crippen molar-refractivity contribution in [1.82, 2.24) is 0 Å². The van der Waals surface area contributed by atoms with Crippen molar-refractivity contribution in [1.29, 1.82) is 0 Å². The zero-order valence-electron chi connectivity index (χ0n) is 12.3. The molecule has 0 amide bonds. The molecule has 0 saturated heterocycles. The minimum Gasteiger partial charge on any atom is -0.396 e. The topological polar surface area (TPSA) is 29.5 Å². The molecule has 17 heavy (non-hydrogen) atoms. The van der Waals surface area contributed by atoms with E-state index < -0.39 is 0 Å². The summed E-state index contributed by atoms with van der Waals surface area (Å²) >= 11 is 0. The highest BCUT2D eigenvalue weighted by atomic mass is 16.5. The van der Waals surface area contributed by atoms with Crippen molar-refractivity contribution < 1.29 is 9.84 Å². The minimum atomic E-state index is -0.199. The van der Waals surface area contributed by atoms with Crippen LogP contribution >= 0.6 is 0 Å². The lowest BCUT2D eigenvalue weighted by molar-refractivity contribution is -0.107. The maximum atomic E-state index is 9.03. The highest BCUT2D eigenvalue weighted by Gasteiger charge is 2.33. The molecule has 2 atom stereocenters. The predicted octanol–water partition coefficient (Wildman–Crippen LogP) is 3.77. The lowest BCUT2D eigenvalue weighted by atomic mass is 9.70. The van der Waals surface area contributed by atoms with E-state index in [1.165, 1.54) is 25.7 Å². The van der Waals surface area contributed by atoms with Crippen molar-refractivity contribution in [2.24, 2.45) is 11.3 Å². The van der Waals surface area contributed by atoms with Gasteiger partial charge in [-0.3, -0.25) is 0 Å². The Morgan fingerprint density at radius 1 is 1.41 bits per heavy atom. The van der Waals surface area contributed by atoms with Gasteiger partial charge in [0.05, 0.1) is 11.7 Å². The lowest BCUT2D eigenvalue weighted by Gasteiger charge is -2.40. The molecule has 1 aliphatic rings. The Hall–Kier alpha value is -0.0800. The van der Waals surface area contributed by atoms with E-state index in [0.717, 1.165) is 0 Å². The fourth-order valence-corrected chi connectivity index (χ4v) is 3.09. The van der Waals surface area contributed by atoms with E-state index in [0.29, 0.717) is 23.9 Å². The van der Waals surface area contributed by atoms with Crippen LogP contribution in [0, 0.1) is 11.3 Å². The van der Waals surface area contributed by atoms with Gasteiger partial charge < -0.3 is 9.84 Å². The van der Waals surface area contributed by atoms with Crippen molar-refractivity contribution in [3.63, 3.8) is 0 Å². The van der Waals surface area contributed by atoms with E-state index in [-0.39, 0.29) is 12.2 Å². The van der Waals surface area contributed by atoms with Gasteiger partial charge in [0.1, 0.15) is 0 Å². The van der Waals surface area contributed by atoms with Crippen molar-refractivity contribution in [3.8, 4) is 0 Å². The van der Waals surface area contributed by atoms with Crippen LogP contribution in [-0.2, 0) is 4.74 Å². The smallest absolute Gasteiger partial charge is 0.0652 e. The molecule has 1 saturated carbocycles. The average Bonchev–Trinajstić information content (AvgIpc) is 2.14. The van der Waals surface area contributed by atoms with Crippen molar-refractivity contribution in [2.45, 2.75) is 78.4 Å². The van der Waals surface area contributed by atoms with Gasteiger partial charge in [0.15, 0.2) is 0 Å². The summed E-state index contributed by atoms with van der Waals surface area (Å²) in [7, 11) is 0. The van der Waals surface area contributed by atoms with Gasteiger partial charge >= 0.3 is 0 Å². The van der Waals surface area contributed by atoms with E-state index in [4.69, 9.17) is 9.84 Å². The van der Waals surface area contributed by atoms with Crippen LogP contribution in [0.1, 0.15) is 66.7 Å². The highest BCUT2D eigenvalue weighted by Crippen LogP contribution is 2.41. The molecule has 2 heteroatoms. The molecule has 0 aliphatic heterocycles. The second kappa shape index (κ2) is 5.71.